The van der Waals surface area contributed by atoms with Crippen LogP contribution in [0.25, 0.3) is 0 Å². The largest absolute Gasteiger partial charge is 0.450 e. The Hall–Kier alpha value is -2.87. The smallest absolute Gasteiger partial charge is 0.433 e. The molecule has 120 valence electrons. The number of ether oxygens (including phenoxy) is 1. The van der Waals surface area contributed by atoms with Gasteiger partial charge in [-0.15, -0.1) is 0 Å². The molecule has 0 radical (unpaired) electrons. The summed E-state index contributed by atoms with van der Waals surface area (Å²) in [6, 6.07) is 7.11. The van der Waals surface area contributed by atoms with Crippen LogP contribution < -0.4 is 5.32 Å². The first kappa shape index (κ1) is 16.5. The molecule has 1 heterocycles. The lowest BCUT2D eigenvalue weighted by Gasteiger charge is -2.09. The number of halogens is 1. The standard InChI is InChI=1S/C14H11ClN2O6/c1-8-9(15)3-2-4-10(8)16-12(18)7-22-14(19)11-5-6-13(23-11)17(20)21/h2-6H,7H2,1H3,(H,16,18). The number of anilines is 1. The summed E-state index contributed by atoms with van der Waals surface area (Å²) in [5.41, 5.74) is 1.17. The van der Waals surface area contributed by atoms with E-state index >= 15 is 0 Å². The minimum atomic E-state index is -0.976. The molecule has 0 saturated heterocycles. The maximum absolute atomic E-state index is 11.8. The summed E-state index contributed by atoms with van der Waals surface area (Å²) in [7, 11) is 0. The van der Waals surface area contributed by atoms with Gasteiger partial charge < -0.3 is 14.5 Å². The second kappa shape index (κ2) is 6.93. The van der Waals surface area contributed by atoms with Crippen LogP contribution in [0.2, 0.25) is 5.02 Å². The topological polar surface area (TPSA) is 112 Å². The third kappa shape index (κ3) is 4.07. The number of benzene rings is 1. The molecule has 23 heavy (non-hydrogen) atoms. The van der Waals surface area contributed by atoms with Gasteiger partial charge in [-0.3, -0.25) is 14.9 Å². The van der Waals surface area contributed by atoms with E-state index in [0.29, 0.717) is 16.3 Å². The molecule has 8 nitrogen and oxygen atoms in total. The molecule has 0 spiro atoms. The lowest BCUT2D eigenvalue weighted by Crippen LogP contribution is -2.21. The maximum Gasteiger partial charge on any atom is 0.433 e. The molecule has 1 amide bonds. The number of rotatable bonds is 5. The van der Waals surface area contributed by atoms with E-state index in [1.54, 1.807) is 25.1 Å². The molecule has 0 aliphatic heterocycles. The van der Waals surface area contributed by atoms with Gasteiger partial charge in [0.05, 0.1) is 6.07 Å². The Labute approximate surface area is 135 Å². The number of hydrogen-bond donors (Lipinski definition) is 1. The Balaban J connectivity index is 1.92. The molecule has 1 N–H and O–H groups in total. The van der Waals surface area contributed by atoms with E-state index in [-0.39, 0.29) is 5.76 Å². The molecule has 0 bridgehead atoms. The summed E-state index contributed by atoms with van der Waals surface area (Å²) in [5.74, 6) is -2.50. The third-order valence-corrected chi connectivity index (χ3v) is 3.26. The predicted molar refractivity (Wildman–Crippen MR) is 80.5 cm³/mol. The number of nitrogens with zero attached hydrogens (tertiary/aromatic N) is 1. The summed E-state index contributed by atoms with van der Waals surface area (Å²) in [6.07, 6.45) is 0. The van der Waals surface area contributed by atoms with E-state index in [9.17, 15) is 19.7 Å². The lowest BCUT2D eigenvalue weighted by atomic mass is 10.2. The van der Waals surface area contributed by atoms with Crippen LogP contribution in [0.4, 0.5) is 11.6 Å². The van der Waals surface area contributed by atoms with Crippen LogP contribution in [-0.2, 0) is 9.53 Å². The van der Waals surface area contributed by atoms with Gasteiger partial charge in [0.2, 0.25) is 5.76 Å². The van der Waals surface area contributed by atoms with Crippen molar-refractivity contribution in [2.24, 2.45) is 0 Å². The summed E-state index contributed by atoms with van der Waals surface area (Å²) >= 11 is 5.93. The molecule has 2 rings (SSSR count). The van der Waals surface area contributed by atoms with E-state index in [1.807, 2.05) is 0 Å². The van der Waals surface area contributed by atoms with Crippen molar-refractivity contribution < 1.29 is 23.7 Å². The van der Waals surface area contributed by atoms with Gasteiger partial charge >= 0.3 is 11.9 Å². The number of nitro groups is 1. The molecule has 0 unspecified atom stereocenters. The fourth-order valence-corrected chi connectivity index (χ4v) is 1.84. The number of hydrogen-bond acceptors (Lipinski definition) is 6. The first-order chi connectivity index (χ1) is 10.9. The number of esters is 1. The van der Waals surface area contributed by atoms with Gasteiger partial charge in [-0.05, 0) is 30.7 Å². The average molecular weight is 339 g/mol. The lowest BCUT2D eigenvalue weighted by molar-refractivity contribution is -0.402. The molecular weight excluding hydrogens is 328 g/mol. The van der Waals surface area contributed by atoms with Crippen molar-refractivity contribution in [1.82, 2.24) is 0 Å². The molecule has 9 heteroatoms. The number of amides is 1. The monoisotopic (exact) mass is 338 g/mol. The van der Waals surface area contributed by atoms with Crippen molar-refractivity contribution in [3.05, 3.63) is 56.8 Å². The van der Waals surface area contributed by atoms with Crippen LogP contribution in [0.3, 0.4) is 0 Å². The van der Waals surface area contributed by atoms with Gasteiger partial charge in [0, 0.05) is 10.7 Å². The van der Waals surface area contributed by atoms with E-state index in [0.717, 1.165) is 12.1 Å². The third-order valence-electron chi connectivity index (χ3n) is 2.85. The zero-order valence-corrected chi connectivity index (χ0v) is 12.6. The van der Waals surface area contributed by atoms with Gasteiger partial charge in [-0.25, -0.2) is 4.79 Å². The first-order valence-electron chi connectivity index (χ1n) is 6.35. The fraction of sp³-hybridized carbons (Fsp3) is 0.143. The maximum atomic E-state index is 11.8. The van der Waals surface area contributed by atoms with Gasteiger partial charge in [0.1, 0.15) is 4.92 Å². The Bertz CT molecular complexity index is 770. The molecule has 0 aliphatic carbocycles. The highest BCUT2D eigenvalue weighted by molar-refractivity contribution is 6.31. The molecule has 0 atom stereocenters. The number of furan rings is 1. The Morgan fingerprint density at radius 1 is 1.35 bits per heavy atom. The SMILES string of the molecule is Cc1c(Cl)cccc1NC(=O)COC(=O)c1ccc([N+](=O)[O-])o1. The number of carbonyl (C=O) groups is 2. The van der Waals surface area contributed by atoms with Gasteiger partial charge in [0.15, 0.2) is 6.61 Å². The van der Waals surface area contributed by atoms with E-state index in [2.05, 4.69) is 9.73 Å². The Morgan fingerprint density at radius 3 is 2.74 bits per heavy atom. The molecule has 1 aromatic carbocycles. The summed E-state index contributed by atoms with van der Waals surface area (Å²) < 4.78 is 9.39. The highest BCUT2D eigenvalue weighted by Gasteiger charge is 2.19. The Kier molecular flexibility index (Phi) is 4.97. The Morgan fingerprint density at radius 2 is 2.09 bits per heavy atom. The van der Waals surface area contributed by atoms with Crippen LogP contribution in [-0.4, -0.2) is 23.4 Å². The molecule has 0 saturated carbocycles. The molecule has 0 fully saturated rings. The fourth-order valence-electron chi connectivity index (χ4n) is 1.67. The molecule has 2 aromatic rings. The van der Waals surface area contributed by atoms with Crippen LogP contribution in [0, 0.1) is 17.0 Å². The van der Waals surface area contributed by atoms with Gasteiger partial charge in [-0.2, -0.15) is 0 Å². The highest BCUT2D eigenvalue weighted by atomic mass is 35.5. The quantitative estimate of drug-likeness (QED) is 0.509. The van der Waals surface area contributed by atoms with Crippen LogP contribution in [0.5, 0.6) is 0 Å². The van der Waals surface area contributed by atoms with E-state index in [4.69, 9.17) is 16.3 Å². The average Bonchev–Trinajstić information content (AvgIpc) is 3.00. The van der Waals surface area contributed by atoms with E-state index < -0.39 is 29.3 Å². The minimum absolute atomic E-state index is 0.358. The van der Waals surface area contributed by atoms with Crippen molar-refractivity contribution in [2.45, 2.75) is 6.92 Å². The van der Waals surface area contributed by atoms with Crippen molar-refractivity contribution in [3.8, 4) is 0 Å². The normalized spacial score (nSPS) is 10.2. The summed E-state index contributed by atoms with van der Waals surface area (Å²) in [5, 5.41) is 13.5. The molecular formula is C14H11ClN2O6. The van der Waals surface area contributed by atoms with Gasteiger partial charge in [-0.1, -0.05) is 17.7 Å². The summed E-state index contributed by atoms with van der Waals surface area (Å²) in [6.45, 7) is 1.16. The predicted octanol–water partition coefficient (Wildman–Crippen LogP) is 2.95. The van der Waals surface area contributed by atoms with Crippen LogP contribution in [0.1, 0.15) is 16.1 Å². The number of carbonyl (C=O) groups excluding carboxylic acids is 2. The van der Waals surface area contributed by atoms with Crippen molar-refractivity contribution >= 4 is 35.0 Å². The van der Waals surface area contributed by atoms with Crippen molar-refractivity contribution in [2.75, 3.05) is 11.9 Å². The van der Waals surface area contributed by atoms with Crippen molar-refractivity contribution in [3.63, 3.8) is 0 Å². The highest BCUT2D eigenvalue weighted by Crippen LogP contribution is 2.22. The minimum Gasteiger partial charge on any atom is -0.450 e. The van der Waals surface area contributed by atoms with E-state index in [1.165, 1.54) is 0 Å². The summed E-state index contributed by atoms with van der Waals surface area (Å²) in [4.78, 5) is 33.0. The second-order valence-electron chi connectivity index (χ2n) is 4.43. The molecule has 0 aliphatic rings. The number of nitrogens with one attached hydrogen (secondary N) is 1. The first-order valence-corrected chi connectivity index (χ1v) is 6.72. The van der Waals surface area contributed by atoms with Crippen LogP contribution in [0.15, 0.2) is 34.7 Å². The van der Waals surface area contributed by atoms with Crippen LogP contribution >= 0.6 is 11.6 Å². The van der Waals surface area contributed by atoms with Crippen molar-refractivity contribution in [1.29, 1.82) is 0 Å². The second-order valence-corrected chi connectivity index (χ2v) is 4.84. The zero-order valence-electron chi connectivity index (χ0n) is 11.9. The zero-order chi connectivity index (χ0) is 17.0. The molecule has 1 aromatic heterocycles. The van der Waals surface area contributed by atoms with Gasteiger partial charge in [0.25, 0.3) is 5.91 Å².